The van der Waals surface area contributed by atoms with Crippen LogP contribution in [-0.2, 0) is 9.53 Å². The van der Waals surface area contributed by atoms with Gasteiger partial charge in [-0.2, -0.15) is 0 Å². The van der Waals surface area contributed by atoms with Crippen molar-refractivity contribution in [2.75, 3.05) is 13.0 Å². The molecule has 1 aromatic carbocycles. The lowest BCUT2D eigenvalue weighted by Crippen LogP contribution is -2.09. The molecule has 0 aliphatic carbocycles. The summed E-state index contributed by atoms with van der Waals surface area (Å²) in [5.74, 6) is -0.919. The number of carbonyl (C=O) groups excluding carboxylic acids is 1. The highest BCUT2D eigenvalue weighted by Crippen LogP contribution is 2.20. The minimum Gasteiger partial charge on any atom is -0.510 e. The van der Waals surface area contributed by atoms with Crippen molar-refractivity contribution in [3.63, 3.8) is 0 Å². The van der Waals surface area contributed by atoms with Gasteiger partial charge in [0.15, 0.2) is 0 Å². The second-order valence-electron chi connectivity index (χ2n) is 3.55. The van der Waals surface area contributed by atoms with Gasteiger partial charge in [0.05, 0.1) is 24.0 Å². The van der Waals surface area contributed by atoms with Gasteiger partial charge in [0.1, 0.15) is 17.2 Å². The molecule has 0 unspecified atom stereocenters. The van der Waals surface area contributed by atoms with Gasteiger partial charge in [-0.15, -0.1) is 11.6 Å². The number of aliphatic hydroxyl groups is 1. The second-order valence-corrected chi connectivity index (χ2v) is 3.82. The zero-order chi connectivity index (χ0) is 13.1. The Morgan fingerprint density at radius 2 is 2.22 bits per heavy atom. The molecule has 0 spiro atoms. The van der Waals surface area contributed by atoms with Crippen LogP contribution in [0.2, 0.25) is 0 Å². The number of rotatable bonds is 3. The number of fused-ring (bicyclic) bond motifs is 1. The van der Waals surface area contributed by atoms with Crippen LogP contribution in [0.25, 0.3) is 16.6 Å². The molecule has 2 N–H and O–H groups in total. The number of benzene rings is 1. The third kappa shape index (κ3) is 2.17. The molecule has 2 rings (SSSR count). The van der Waals surface area contributed by atoms with Crippen molar-refractivity contribution >= 4 is 34.2 Å². The minimum atomic E-state index is -0.688. The van der Waals surface area contributed by atoms with Crippen LogP contribution in [0.15, 0.2) is 30.0 Å². The van der Waals surface area contributed by atoms with Crippen LogP contribution < -0.4 is 0 Å². The predicted molar refractivity (Wildman–Crippen MR) is 68.4 cm³/mol. The number of esters is 1. The average molecular weight is 267 g/mol. The number of nitrogens with one attached hydrogen (secondary N) is 1. The second kappa shape index (κ2) is 5.10. The maximum atomic E-state index is 11.6. The summed E-state index contributed by atoms with van der Waals surface area (Å²) in [5, 5.41) is 9.68. The number of hydrogen-bond acceptors (Lipinski definition) is 4. The Bertz CT molecular complexity index is 586. The number of allylic oxidation sites excluding steroid dienone is 1. The molecule has 0 radical (unpaired) electrons. The average Bonchev–Trinajstić information content (AvgIpc) is 2.81. The van der Waals surface area contributed by atoms with Crippen molar-refractivity contribution in [2.24, 2.45) is 0 Å². The third-order valence-electron chi connectivity index (χ3n) is 2.43. The molecule has 94 valence electrons. The standard InChI is InChI=1S/C12H11ClN2O3/c1-18-12(17)10(9(16)6-13)11-14-7-4-2-3-5-8(7)15-11/h2-5,16H,6H2,1H3,(H,14,15). The fourth-order valence-corrected chi connectivity index (χ4v) is 1.72. The number of methoxy groups -OCH3 is 1. The number of aliphatic hydroxyl groups excluding tert-OH is 1. The summed E-state index contributed by atoms with van der Waals surface area (Å²) < 4.78 is 4.61. The number of hydrogen-bond donors (Lipinski definition) is 2. The summed E-state index contributed by atoms with van der Waals surface area (Å²) in [6, 6.07) is 7.28. The van der Waals surface area contributed by atoms with E-state index in [-0.39, 0.29) is 23.0 Å². The van der Waals surface area contributed by atoms with E-state index in [0.29, 0.717) is 5.52 Å². The molecule has 1 heterocycles. The van der Waals surface area contributed by atoms with E-state index < -0.39 is 5.97 Å². The molecule has 0 bridgehead atoms. The normalized spacial score (nSPS) is 12.3. The molecule has 0 saturated heterocycles. The first kappa shape index (κ1) is 12.4. The summed E-state index contributed by atoms with van der Waals surface area (Å²) >= 11 is 5.54. The molecule has 5 nitrogen and oxygen atoms in total. The maximum Gasteiger partial charge on any atom is 0.345 e. The SMILES string of the molecule is COC(=O)C(=C(O)CCl)c1nc2ccccc2[nH]1. The third-order valence-corrected chi connectivity index (χ3v) is 2.68. The first-order valence-electron chi connectivity index (χ1n) is 5.19. The van der Waals surface area contributed by atoms with Crippen molar-refractivity contribution in [1.29, 1.82) is 0 Å². The number of aromatic nitrogens is 2. The lowest BCUT2D eigenvalue weighted by atomic mass is 10.2. The molecule has 1 aromatic heterocycles. The van der Waals surface area contributed by atoms with Crippen molar-refractivity contribution in [3.05, 3.63) is 35.8 Å². The number of imidazole rings is 1. The molecule has 2 aromatic rings. The fraction of sp³-hybridized carbons (Fsp3) is 0.167. The van der Waals surface area contributed by atoms with E-state index in [9.17, 15) is 9.90 Å². The summed E-state index contributed by atoms with van der Waals surface area (Å²) in [6.07, 6.45) is 0. The Balaban J connectivity index is 2.58. The Hall–Kier alpha value is -2.01. The minimum absolute atomic E-state index is 0.0521. The van der Waals surface area contributed by atoms with Crippen molar-refractivity contribution in [1.82, 2.24) is 9.97 Å². The van der Waals surface area contributed by atoms with E-state index >= 15 is 0 Å². The molecule has 0 aliphatic heterocycles. The lowest BCUT2D eigenvalue weighted by molar-refractivity contribution is -0.133. The lowest BCUT2D eigenvalue weighted by Gasteiger charge is -2.04. The summed E-state index contributed by atoms with van der Waals surface area (Å²) in [4.78, 5) is 18.8. The molecular weight excluding hydrogens is 256 g/mol. The van der Waals surface area contributed by atoms with Crippen LogP contribution in [-0.4, -0.2) is 34.0 Å². The molecule has 0 aliphatic rings. The van der Waals surface area contributed by atoms with E-state index in [1.165, 1.54) is 7.11 Å². The van der Waals surface area contributed by atoms with Gasteiger partial charge in [0.2, 0.25) is 0 Å². The topological polar surface area (TPSA) is 75.2 Å². The zero-order valence-corrected chi connectivity index (χ0v) is 10.4. The molecule has 18 heavy (non-hydrogen) atoms. The number of alkyl halides is 1. The predicted octanol–water partition coefficient (Wildman–Crippen LogP) is 2.24. The van der Waals surface area contributed by atoms with Gasteiger partial charge in [0.25, 0.3) is 0 Å². The van der Waals surface area contributed by atoms with E-state index in [2.05, 4.69) is 14.7 Å². The summed E-state index contributed by atoms with van der Waals surface area (Å²) in [7, 11) is 1.23. The van der Waals surface area contributed by atoms with Crippen LogP contribution in [0.1, 0.15) is 5.82 Å². The Morgan fingerprint density at radius 1 is 1.50 bits per heavy atom. The number of aromatic amines is 1. The van der Waals surface area contributed by atoms with E-state index in [4.69, 9.17) is 11.6 Å². The number of ether oxygens (including phenoxy) is 1. The molecule has 0 atom stereocenters. The number of para-hydroxylation sites is 2. The molecule has 0 amide bonds. The van der Waals surface area contributed by atoms with Gasteiger partial charge >= 0.3 is 5.97 Å². The van der Waals surface area contributed by atoms with E-state index in [0.717, 1.165) is 5.52 Å². The molecular formula is C12H11ClN2O3. The van der Waals surface area contributed by atoms with Gasteiger partial charge in [-0.05, 0) is 12.1 Å². The van der Waals surface area contributed by atoms with Crippen LogP contribution in [0.3, 0.4) is 0 Å². The van der Waals surface area contributed by atoms with Crippen molar-refractivity contribution in [2.45, 2.75) is 0 Å². The highest BCUT2D eigenvalue weighted by atomic mass is 35.5. The fourth-order valence-electron chi connectivity index (χ4n) is 1.59. The summed E-state index contributed by atoms with van der Waals surface area (Å²) in [6.45, 7) is 0. The Labute approximate surface area is 108 Å². The maximum absolute atomic E-state index is 11.6. The number of carbonyl (C=O) groups is 1. The van der Waals surface area contributed by atoms with Crippen molar-refractivity contribution in [3.8, 4) is 0 Å². The molecule has 6 heteroatoms. The van der Waals surface area contributed by atoms with Gasteiger partial charge in [-0.3, -0.25) is 0 Å². The summed E-state index contributed by atoms with van der Waals surface area (Å²) in [5.41, 5.74) is 1.40. The first-order valence-corrected chi connectivity index (χ1v) is 5.72. The smallest absolute Gasteiger partial charge is 0.345 e. The van der Waals surface area contributed by atoms with Crippen LogP contribution in [0.5, 0.6) is 0 Å². The van der Waals surface area contributed by atoms with Gasteiger partial charge in [-0.1, -0.05) is 12.1 Å². The largest absolute Gasteiger partial charge is 0.510 e. The van der Waals surface area contributed by atoms with Crippen molar-refractivity contribution < 1.29 is 14.6 Å². The van der Waals surface area contributed by atoms with Crippen LogP contribution >= 0.6 is 11.6 Å². The molecule has 0 fully saturated rings. The highest BCUT2D eigenvalue weighted by Gasteiger charge is 2.21. The van der Waals surface area contributed by atoms with E-state index in [1.807, 2.05) is 18.2 Å². The van der Waals surface area contributed by atoms with E-state index in [1.54, 1.807) is 6.07 Å². The Morgan fingerprint density at radius 3 is 2.83 bits per heavy atom. The Kier molecular flexibility index (Phi) is 3.53. The highest BCUT2D eigenvalue weighted by molar-refractivity contribution is 6.23. The van der Waals surface area contributed by atoms with Crippen LogP contribution in [0, 0.1) is 0 Å². The monoisotopic (exact) mass is 266 g/mol. The number of halogens is 1. The number of nitrogens with zero attached hydrogens (tertiary/aromatic N) is 1. The molecule has 0 saturated carbocycles. The van der Waals surface area contributed by atoms with Gasteiger partial charge in [0, 0.05) is 0 Å². The van der Waals surface area contributed by atoms with Gasteiger partial charge in [-0.25, -0.2) is 9.78 Å². The first-order chi connectivity index (χ1) is 8.67. The quantitative estimate of drug-likeness (QED) is 0.387. The zero-order valence-electron chi connectivity index (χ0n) is 9.61. The number of H-pyrrole nitrogens is 1. The van der Waals surface area contributed by atoms with Gasteiger partial charge < -0.3 is 14.8 Å². The van der Waals surface area contributed by atoms with Crippen LogP contribution in [0.4, 0.5) is 0 Å².